The van der Waals surface area contributed by atoms with Gasteiger partial charge in [0.05, 0.1) is 21.3 Å². The molecule has 0 amide bonds. The number of nitrogens with one attached hydrogen (secondary N) is 1. The molecule has 0 radical (unpaired) electrons. The fourth-order valence-corrected chi connectivity index (χ4v) is 1.41. The Bertz CT molecular complexity index is 526. The number of hydrogen-bond donors (Lipinski definition) is 1. The standard InChI is InChI=1S/C13H13N3O3/c1-17-11-4-10(16-8-9(6-14)7-15)5-12(18-2)13(11)19-3/h4-5,8,16H,1-3H3. The molecule has 6 nitrogen and oxygen atoms in total. The number of nitrogens with zero attached hydrogens (tertiary/aromatic N) is 2. The Balaban J connectivity index is 3.15. The second kappa shape index (κ2) is 6.77. The lowest BCUT2D eigenvalue weighted by molar-refractivity contribution is 0.324. The molecule has 0 unspecified atom stereocenters. The molecule has 0 atom stereocenters. The third-order valence-electron chi connectivity index (χ3n) is 2.29. The number of ether oxygens (including phenoxy) is 3. The van der Waals surface area contributed by atoms with Crippen molar-refractivity contribution in [2.45, 2.75) is 0 Å². The van der Waals surface area contributed by atoms with Crippen molar-refractivity contribution in [1.82, 2.24) is 0 Å². The molecular formula is C13H13N3O3. The molecular weight excluding hydrogens is 246 g/mol. The van der Waals surface area contributed by atoms with Gasteiger partial charge in [-0.15, -0.1) is 0 Å². The molecule has 0 spiro atoms. The third kappa shape index (κ3) is 3.30. The van der Waals surface area contributed by atoms with Crippen molar-refractivity contribution in [3.63, 3.8) is 0 Å². The molecule has 0 aliphatic heterocycles. The molecule has 1 rings (SSSR count). The molecule has 0 fully saturated rings. The maximum atomic E-state index is 8.64. The lowest BCUT2D eigenvalue weighted by atomic mass is 10.2. The van der Waals surface area contributed by atoms with E-state index in [-0.39, 0.29) is 5.57 Å². The molecule has 0 saturated heterocycles. The Morgan fingerprint density at radius 2 is 1.58 bits per heavy atom. The van der Waals surface area contributed by atoms with Crippen molar-refractivity contribution in [1.29, 1.82) is 10.5 Å². The second-order valence-electron chi connectivity index (χ2n) is 3.34. The van der Waals surface area contributed by atoms with Crippen molar-refractivity contribution in [3.05, 3.63) is 23.9 Å². The van der Waals surface area contributed by atoms with Crippen LogP contribution in [0.2, 0.25) is 0 Å². The van der Waals surface area contributed by atoms with Crippen molar-refractivity contribution >= 4 is 5.69 Å². The van der Waals surface area contributed by atoms with Crippen LogP contribution in [-0.4, -0.2) is 21.3 Å². The summed E-state index contributed by atoms with van der Waals surface area (Å²) in [5.41, 5.74) is 0.575. The topological polar surface area (TPSA) is 87.3 Å². The molecule has 0 aromatic heterocycles. The highest BCUT2D eigenvalue weighted by atomic mass is 16.5. The fourth-order valence-electron chi connectivity index (χ4n) is 1.41. The summed E-state index contributed by atoms with van der Waals surface area (Å²) >= 11 is 0. The van der Waals surface area contributed by atoms with Gasteiger partial charge in [0, 0.05) is 24.0 Å². The lowest BCUT2D eigenvalue weighted by Crippen LogP contribution is -1.97. The van der Waals surface area contributed by atoms with Crippen LogP contribution in [0.5, 0.6) is 17.2 Å². The van der Waals surface area contributed by atoms with Crippen LogP contribution in [0.4, 0.5) is 5.69 Å². The molecule has 19 heavy (non-hydrogen) atoms. The highest BCUT2D eigenvalue weighted by Crippen LogP contribution is 2.39. The Morgan fingerprint density at radius 3 is 1.95 bits per heavy atom. The second-order valence-corrected chi connectivity index (χ2v) is 3.34. The summed E-state index contributed by atoms with van der Waals surface area (Å²) in [7, 11) is 4.52. The van der Waals surface area contributed by atoms with Crippen LogP contribution in [0.3, 0.4) is 0 Å². The lowest BCUT2D eigenvalue weighted by Gasteiger charge is -2.13. The molecule has 0 aliphatic carbocycles. The minimum Gasteiger partial charge on any atom is -0.493 e. The summed E-state index contributed by atoms with van der Waals surface area (Å²) in [5, 5.41) is 20.1. The van der Waals surface area contributed by atoms with Gasteiger partial charge in [-0.1, -0.05) is 0 Å². The first kappa shape index (κ1) is 14.2. The van der Waals surface area contributed by atoms with Gasteiger partial charge in [-0.25, -0.2) is 0 Å². The van der Waals surface area contributed by atoms with E-state index in [0.717, 1.165) is 0 Å². The predicted molar refractivity (Wildman–Crippen MR) is 69.0 cm³/mol. The van der Waals surface area contributed by atoms with Crippen molar-refractivity contribution in [2.75, 3.05) is 26.6 Å². The Hall–Kier alpha value is -2.86. The summed E-state index contributed by atoms with van der Waals surface area (Å²) < 4.78 is 15.5. The molecule has 1 aromatic carbocycles. The smallest absolute Gasteiger partial charge is 0.203 e. The molecule has 6 heteroatoms. The number of anilines is 1. The van der Waals surface area contributed by atoms with Crippen LogP contribution in [0.15, 0.2) is 23.9 Å². The van der Waals surface area contributed by atoms with Gasteiger partial charge in [0.1, 0.15) is 17.7 Å². The summed E-state index contributed by atoms with van der Waals surface area (Å²) in [6, 6.07) is 6.85. The fraction of sp³-hybridized carbons (Fsp3) is 0.231. The van der Waals surface area contributed by atoms with E-state index < -0.39 is 0 Å². The van der Waals surface area contributed by atoms with Crippen LogP contribution in [0.25, 0.3) is 0 Å². The molecule has 0 heterocycles. The number of methoxy groups -OCH3 is 3. The van der Waals surface area contributed by atoms with Crippen molar-refractivity contribution < 1.29 is 14.2 Å². The van der Waals surface area contributed by atoms with Crippen LogP contribution in [-0.2, 0) is 0 Å². The van der Waals surface area contributed by atoms with Crippen LogP contribution in [0.1, 0.15) is 0 Å². The highest BCUT2D eigenvalue weighted by Gasteiger charge is 2.12. The number of rotatable bonds is 5. The zero-order chi connectivity index (χ0) is 14.3. The third-order valence-corrected chi connectivity index (χ3v) is 2.29. The highest BCUT2D eigenvalue weighted by molar-refractivity contribution is 5.63. The summed E-state index contributed by atoms with van der Waals surface area (Å²) in [6.45, 7) is 0. The van der Waals surface area contributed by atoms with Gasteiger partial charge in [0.15, 0.2) is 11.5 Å². The predicted octanol–water partition coefficient (Wildman–Crippen LogP) is 2.06. The van der Waals surface area contributed by atoms with Gasteiger partial charge < -0.3 is 19.5 Å². The normalized spacial score (nSPS) is 8.68. The van der Waals surface area contributed by atoms with Gasteiger partial charge in [-0.05, 0) is 0 Å². The van der Waals surface area contributed by atoms with E-state index in [2.05, 4.69) is 5.32 Å². The molecule has 0 saturated carbocycles. The van der Waals surface area contributed by atoms with E-state index in [4.69, 9.17) is 24.7 Å². The molecule has 1 aromatic rings. The zero-order valence-electron chi connectivity index (χ0n) is 10.9. The van der Waals surface area contributed by atoms with Crippen molar-refractivity contribution in [3.8, 4) is 29.4 Å². The maximum absolute atomic E-state index is 8.64. The van der Waals surface area contributed by atoms with Gasteiger partial charge in [0.25, 0.3) is 0 Å². The van der Waals surface area contributed by atoms with E-state index in [0.29, 0.717) is 22.9 Å². The minimum absolute atomic E-state index is 0.0336. The van der Waals surface area contributed by atoms with Crippen LogP contribution in [0, 0.1) is 22.7 Å². The van der Waals surface area contributed by atoms with Gasteiger partial charge >= 0.3 is 0 Å². The monoisotopic (exact) mass is 259 g/mol. The molecule has 0 aliphatic rings. The molecule has 98 valence electrons. The Kier molecular flexibility index (Phi) is 5.06. The van der Waals surface area contributed by atoms with E-state index in [1.165, 1.54) is 27.5 Å². The SMILES string of the molecule is COc1cc(NC=C(C#N)C#N)cc(OC)c1OC. The summed E-state index contributed by atoms with van der Waals surface area (Å²) in [6.07, 6.45) is 1.31. The minimum atomic E-state index is -0.0336. The number of benzene rings is 1. The van der Waals surface area contributed by atoms with E-state index >= 15 is 0 Å². The van der Waals surface area contributed by atoms with Gasteiger partial charge in [0.2, 0.25) is 5.75 Å². The molecule has 1 N–H and O–H groups in total. The quantitative estimate of drug-likeness (QED) is 0.814. The largest absolute Gasteiger partial charge is 0.493 e. The first-order valence-electron chi connectivity index (χ1n) is 5.27. The number of nitriles is 2. The maximum Gasteiger partial charge on any atom is 0.203 e. The number of hydrogen-bond acceptors (Lipinski definition) is 6. The van der Waals surface area contributed by atoms with E-state index in [1.54, 1.807) is 24.3 Å². The summed E-state index contributed by atoms with van der Waals surface area (Å²) in [5.74, 6) is 1.43. The Morgan fingerprint density at radius 1 is 1.05 bits per heavy atom. The van der Waals surface area contributed by atoms with Crippen molar-refractivity contribution in [2.24, 2.45) is 0 Å². The number of allylic oxidation sites excluding steroid dienone is 1. The van der Waals surface area contributed by atoms with Gasteiger partial charge in [-0.2, -0.15) is 10.5 Å². The zero-order valence-corrected chi connectivity index (χ0v) is 10.9. The first-order chi connectivity index (χ1) is 9.19. The first-order valence-corrected chi connectivity index (χ1v) is 5.27. The van der Waals surface area contributed by atoms with Crippen LogP contribution >= 0.6 is 0 Å². The van der Waals surface area contributed by atoms with Crippen LogP contribution < -0.4 is 19.5 Å². The average Bonchev–Trinajstić information content (AvgIpc) is 2.46. The van der Waals surface area contributed by atoms with E-state index in [1.807, 2.05) is 0 Å². The summed E-state index contributed by atoms with van der Waals surface area (Å²) in [4.78, 5) is 0. The molecule has 0 bridgehead atoms. The average molecular weight is 259 g/mol. The Labute approximate surface area is 111 Å². The van der Waals surface area contributed by atoms with E-state index in [9.17, 15) is 0 Å². The van der Waals surface area contributed by atoms with Gasteiger partial charge in [-0.3, -0.25) is 0 Å².